The van der Waals surface area contributed by atoms with E-state index >= 15 is 0 Å². The minimum Gasteiger partial charge on any atom is -0.506 e. The molecule has 30 heavy (non-hydrogen) atoms. The molecule has 1 heterocycles. The van der Waals surface area contributed by atoms with Crippen LogP contribution in [-0.4, -0.2) is 46.4 Å². The molecular weight excluding hydrogens is 424 g/mol. The van der Waals surface area contributed by atoms with Crippen LogP contribution in [0, 0.1) is 4.77 Å². The van der Waals surface area contributed by atoms with Gasteiger partial charge in [0.05, 0.1) is 10.6 Å². The van der Waals surface area contributed by atoms with Crippen molar-refractivity contribution in [2.24, 2.45) is 0 Å². The second-order valence-corrected chi connectivity index (χ2v) is 8.70. The molecule has 0 bridgehead atoms. The first kappa shape index (κ1) is 21.8. The summed E-state index contributed by atoms with van der Waals surface area (Å²) in [6.45, 7) is 4.10. The van der Waals surface area contributed by atoms with Crippen LogP contribution < -0.4 is 5.32 Å². The summed E-state index contributed by atoms with van der Waals surface area (Å²) in [4.78, 5) is 15.7. The third-order valence-corrected chi connectivity index (χ3v) is 6.93. The van der Waals surface area contributed by atoms with Crippen molar-refractivity contribution < 1.29 is 18.3 Å². The number of hydrogen-bond acceptors (Lipinski definition) is 5. The average molecular weight is 447 g/mol. The summed E-state index contributed by atoms with van der Waals surface area (Å²) in [6, 6.07) is 12.9. The molecule has 0 saturated heterocycles. The van der Waals surface area contributed by atoms with Crippen LogP contribution in [0.1, 0.15) is 24.3 Å². The fourth-order valence-electron chi connectivity index (χ4n) is 3.04. The lowest BCUT2D eigenvalue weighted by atomic mass is 10.2. The van der Waals surface area contributed by atoms with Crippen LogP contribution in [0.5, 0.6) is 5.75 Å². The Bertz CT molecular complexity index is 1210. The molecule has 1 aromatic heterocycles. The number of aromatic hydroxyl groups is 1. The van der Waals surface area contributed by atoms with Gasteiger partial charge in [0, 0.05) is 25.0 Å². The highest BCUT2D eigenvalue weighted by molar-refractivity contribution is 7.89. The number of nitrogens with one attached hydrogen (secondary N) is 2. The number of aromatic amines is 1. The number of imidazole rings is 1. The molecule has 0 aliphatic heterocycles. The van der Waals surface area contributed by atoms with E-state index in [9.17, 15) is 18.3 Å². The van der Waals surface area contributed by atoms with E-state index in [1.54, 1.807) is 30.5 Å². The van der Waals surface area contributed by atoms with Crippen LogP contribution in [0.2, 0.25) is 0 Å². The van der Waals surface area contributed by atoms with Gasteiger partial charge >= 0.3 is 0 Å². The normalized spacial score (nSPS) is 11.6. The molecule has 10 heteroatoms. The zero-order chi connectivity index (χ0) is 21.9. The number of nitrogens with zero attached hydrogens (tertiary/aromatic N) is 2. The predicted octanol–water partition coefficient (Wildman–Crippen LogP) is 3.52. The SMILES string of the molecule is CCN(CC)S(=O)(=O)c1ccc(O)c(NC(=O)c2c[nH]c(=S)n2-c2ccccc2)c1. The Kier molecular flexibility index (Phi) is 6.40. The quantitative estimate of drug-likeness (QED) is 0.380. The number of phenols is 1. The van der Waals surface area contributed by atoms with E-state index in [-0.39, 0.29) is 22.0 Å². The molecule has 8 nitrogen and oxygen atoms in total. The highest BCUT2D eigenvalue weighted by atomic mass is 32.2. The number of aromatic nitrogens is 2. The van der Waals surface area contributed by atoms with E-state index in [0.717, 1.165) is 0 Å². The Morgan fingerprint density at radius 3 is 2.47 bits per heavy atom. The van der Waals surface area contributed by atoms with Crippen LogP contribution in [0.15, 0.2) is 59.6 Å². The number of H-pyrrole nitrogens is 1. The number of sulfonamides is 1. The first-order valence-electron chi connectivity index (χ1n) is 9.30. The van der Waals surface area contributed by atoms with Gasteiger partial charge in [-0.2, -0.15) is 4.31 Å². The smallest absolute Gasteiger partial charge is 0.274 e. The van der Waals surface area contributed by atoms with Gasteiger partial charge in [0.1, 0.15) is 11.4 Å². The van der Waals surface area contributed by atoms with E-state index in [4.69, 9.17) is 12.2 Å². The molecule has 3 aromatic rings. The summed E-state index contributed by atoms with van der Waals surface area (Å²) < 4.78 is 28.7. The van der Waals surface area contributed by atoms with Crippen LogP contribution in [0.4, 0.5) is 5.69 Å². The van der Waals surface area contributed by atoms with E-state index in [0.29, 0.717) is 23.5 Å². The molecule has 0 atom stereocenters. The number of phenolic OH excluding ortho intramolecular Hbond substituents is 1. The second kappa shape index (κ2) is 8.82. The average Bonchev–Trinajstić information content (AvgIpc) is 3.12. The molecule has 158 valence electrons. The van der Waals surface area contributed by atoms with E-state index in [1.807, 2.05) is 18.2 Å². The van der Waals surface area contributed by atoms with Gasteiger partial charge in [-0.05, 0) is 42.5 Å². The summed E-state index contributed by atoms with van der Waals surface area (Å²) in [5.41, 5.74) is 0.888. The van der Waals surface area contributed by atoms with Gasteiger partial charge in [-0.1, -0.05) is 32.0 Å². The zero-order valence-electron chi connectivity index (χ0n) is 16.5. The molecule has 0 radical (unpaired) electrons. The number of rotatable bonds is 7. The van der Waals surface area contributed by atoms with Crippen molar-refractivity contribution in [2.45, 2.75) is 18.7 Å². The fraction of sp³-hybridized carbons (Fsp3) is 0.200. The zero-order valence-corrected chi connectivity index (χ0v) is 18.1. The third-order valence-electron chi connectivity index (χ3n) is 4.58. The van der Waals surface area contributed by atoms with Gasteiger partial charge in [0.15, 0.2) is 4.77 Å². The molecule has 0 fully saturated rings. The number of carbonyl (C=O) groups is 1. The molecule has 3 rings (SSSR count). The lowest BCUT2D eigenvalue weighted by Crippen LogP contribution is -2.30. The standard InChI is InChI=1S/C20H22N4O4S2/c1-3-23(4-2)30(27,28)15-10-11-18(25)16(12-15)22-19(26)17-13-21-20(29)24(17)14-8-6-5-7-9-14/h5-13,25H,3-4H2,1-2H3,(H,21,29)(H,22,26). The molecule has 1 amide bonds. The minimum atomic E-state index is -3.75. The molecule has 2 aromatic carbocycles. The Morgan fingerprint density at radius 1 is 1.17 bits per heavy atom. The van der Waals surface area contributed by atoms with Crippen LogP contribution in [-0.2, 0) is 10.0 Å². The summed E-state index contributed by atoms with van der Waals surface area (Å²) >= 11 is 5.28. The highest BCUT2D eigenvalue weighted by Crippen LogP contribution is 2.28. The van der Waals surface area contributed by atoms with Gasteiger partial charge in [-0.3, -0.25) is 9.36 Å². The van der Waals surface area contributed by atoms with Crippen molar-refractivity contribution in [2.75, 3.05) is 18.4 Å². The number of amides is 1. The summed E-state index contributed by atoms with van der Waals surface area (Å²) in [6.07, 6.45) is 1.46. The topological polar surface area (TPSA) is 107 Å². The van der Waals surface area contributed by atoms with Crippen molar-refractivity contribution in [1.29, 1.82) is 0 Å². The molecule has 3 N–H and O–H groups in total. The van der Waals surface area contributed by atoms with Crippen molar-refractivity contribution in [3.8, 4) is 11.4 Å². The van der Waals surface area contributed by atoms with Gasteiger partial charge in [-0.15, -0.1) is 0 Å². The monoisotopic (exact) mass is 446 g/mol. The maximum absolute atomic E-state index is 12.9. The first-order chi connectivity index (χ1) is 14.3. The second-order valence-electron chi connectivity index (χ2n) is 6.37. The predicted molar refractivity (Wildman–Crippen MR) is 117 cm³/mol. The molecule has 0 aliphatic carbocycles. The minimum absolute atomic E-state index is 0.0139. The number of para-hydroxylation sites is 1. The van der Waals surface area contributed by atoms with E-state index in [1.165, 1.54) is 28.7 Å². The maximum atomic E-state index is 12.9. The van der Waals surface area contributed by atoms with Gasteiger partial charge < -0.3 is 15.4 Å². The molecule has 0 spiro atoms. The van der Waals surface area contributed by atoms with Crippen LogP contribution in [0.3, 0.4) is 0 Å². The van der Waals surface area contributed by atoms with Gasteiger partial charge in [0.25, 0.3) is 5.91 Å². The Balaban J connectivity index is 1.97. The van der Waals surface area contributed by atoms with E-state index < -0.39 is 15.9 Å². The van der Waals surface area contributed by atoms with Crippen LogP contribution >= 0.6 is 12.2 Å². The fourth-order valence-corrected chi connectivity index (χ4v) is 4.79. The highest BCUT2D eigenvalue weighted by Gasteiger charge is 2.23. The summed E-state index contributed by atoms with van der Waals surface area (Å²) in [5, 5.41) is 12.8. The van der Waals surface area contributed by atoms with Crippen molar-refractivity contribution in [3.05, 3.63) is 65.2 Å². The van der Waals surface area contributed by atoms with Crippen molar-refractivity contribution in [3.63, 3.8) is 0 Å². The first-order valence-corrected chi connectivity index (χ1v) is 11.1. The molecule has 0 unspecified atom stereocenters. The summed E-state index contributed by atoms with van der Waals surface area (Å²) in [5.74, 6) is -0.805. The number of hydrogen-bond donors (Lipinski definition) is 3. The van der Waals surface area contributed by atoms with Crippen LogP contribution in [0.25, 0.3) is 5.69 Å². The Morgan fingerprint density at radius 2 is 1.83 bits per heavy atom. The van der Waals surface area contributed by atoms with Crippen molar-refractivity contribution in [1.82, 2.24) is 13.9 Å². The largest absolute Gasteiger partial charge is 0.506 e. The molecular formula is C20H22N4O4S2. The van der Waals surface area contributed by atoms with E-state index in [2.05, 4.69) is 10.3 Å². The number of carbonyl (C=O) groups excluding carboxylic acids is 1. The van der Waals surface area contributed by atoms with Crippen molar-refractivity contribution >= 4 is 33.8 Å². The Hall–Kier alpha value is -2.95. The molecule has 0 aliphatic rings. The van der Waals surface area contributed by atoms with Gasteiger partial charge in [-0.25, -0.2) is 8.42 Å². The molecule has 0 saturated carbocycles. The number of benzene rings is 2. The summed E-state index contributed by atoms with van der Waals surface area (Å²) in [7, 11) is -3.75. The lowest BCUT2D eigenvalue weighted by Gasteiger charge is -2.19. The maximum Gasteiger partial charge on any atom is 0.274 e. The Labute approximate surface area is 179 Å². The number of anilines is 1. The third kappa shape index (κ3) is 4.16. The van der Waals surface area contributed by atoms with Gasteiger partial charge in [0.2, 0.25) is 10.0 Å². The lowest BCUT2D eigenvalue weighted by molar-refractivity contribution is 0.102.